The highest BCUT2D eigenvalue weighted by Gasteiger charge is 2.63. The number of halogens is 4. The second kappa shape index (κ2) is 3.94. The van der Waals surface area contributed by atoms with Crippen LogP contribution in [0.2, 0.25) is 0 Å². The second-order valence-corrected chi connectivity index (χ2v) is 3.32. The first kappa shape index (κ1) is 13.5. The Morgan fingerprint density at radius 1 is 1.43 bits per heavy atom. The van der Waals surface area contributed by atoms with Crippen LogP contribution in [0.4, 0.5) is 13.2 Å². The van der Waals surface area contributed by atoms with Gasteiger partial charge in [0.25, 0.3) is 0 Å². The molecule has 0 bridgehead atoms. The summed E-state index contributed by atoms with van der Waals surface area (Å²) in [7, 11) is 0. The molecular formula is C7H11ClF3NO2. The van der Waals surface area contributed by atoms with Gasteiger partial charge in [-0.1, -0.05) is 6.42 Å². The van der Waals surface area contributed by atoms with Gasteiger partial charge in [0.15, 0.2) is 0 Å². The van der Waals surface area contributed by atoms with E-state index in [0.29, 0.717) is 6.42 Å². The molecule has 84 valence electrons. The Balaban J connectivity index is 0.00000169. The lowest BCUT2D eigenvalue weighted by Gasteiger charge is -2.45. The minimum absolute atomic E-state index is 0. The molecule has 1 aliphatic carbocycles. The molecule has 0 amide bonds. The van der Waals surface area contributed by atoms with Crippen molar-refractivity contribution in [1.82, 2.24) is 0 Å². The van der Waals surface area contributed by atoms with Gasteiger partial charge in [0.05, 0.1) is 5.41 Å². The Labute approximate surface area is 84.9 Å². The van der Waals surface area contributed by atoms with E-state index in [1.165, 1.54) is 0 Å². The molecule has 1 aliphatic rings. The Morgan fingerprint density at radius 2 is 1.86 bits per heavy atom. The summed E-state index contributed by atoms with van der Waals surface area (Å²) in [6.07, 6.45) is -4.47. The number of carboxylic acids is 1. The standard InChI is InChI=1S/C7H10F3NO2.ClH/c8-7(9,10)6(2-1-3-6)4(11)5(12)13;/h4H,1-3,11H2,(H,12,13);1H. The van der Waals surface area contributed by atoms with Crippen molar-refractivity contribution >= 4 is 18.4 Å². The highest BCUT2D eigenvalue weighted by molar-refractivity contribution is 5.85. The summed E-state index contributed by atoms with van der Waals surface area (Å²) in [4.78, 5) is 10.4. The largest absolute Gasteiger partial charge is 0.480 e. The number of hydrogen-bond acceptors (Lipinski definition) is 2. The van der Waals surface area contributed by atoms with Crippen molar-refractivity contribution in [3.63, 3.8) is 0 Å². The second-order valence-electron chi connectivity index (χ2n) is 3.32. The van der Waals surface area contributed by atoms with E-state index < -0.39 is 23.6 Å². The van der Waals surface area contributed by atoms with Gasteiger partial charge in [-0.3, -0.25) is 4.79 Å². The van der Waals surface area contributed by atoms with Gasteiger partial charge in [0.1, 0.15) is 6.04 Å². The molecule has 3 N–H and O–H groups in total. The molecule has 1 saturated carbocycles. The number of hydrogen-bond donors (Lipinski definition) is 2. The lowest BCUT2D eigenvalue weighted by molar-refractivity contribution is -0.259. The van der Waals surface area contributed by atoms with E-state index in [-0.39, 0.29) is 25.2 Å². The summed E-state index contributed by atoms with van der Waals surface area (Å²) in [6.45, 7) is 0. The average molecular weight is 234 g/mol. The zero-order valence-corrected chi connectivity index (χ0v) is 7.99. The molecule has 0 saturated heterocycles. The Kier molecular flexibility index (Phi) is 3.80. The summed E-state index contributed by atoms with van der Waals surface area (Å²) in [6, 6.07) is -1.83. The first-order chi connectivity index (χ1) is 5.81. The van der Waals surface area contributed by atoms with E-state index in [4.69, 9.17) is 10.8 Å². The summed E-state index contributed by atoms with van der Waals surface area (Å²) in [5, 5.41) is 8.42. The van der Waals surface area contributed by atoms with Gasteiger partial charge in [-0.05, 0) is 12.8 Å². The van der Waals surface area contributed by atoms with E-state index in [1.54, 1.807) is 0 Å². The average Bonchev–Trinajstić information content (AvgIpc) is 1.80. The molecule has 0 aromatic rings. The number of alkyl halides is 3. The lowest BCUT2D eigenvalue weighted by atomic mass is 9.63. The molecule has 0 radical (unpaired) electrons. The maximum atomic E-state index is 12.4. The van der Waals surface area contributed by atoms with Crippen molar-refractivity contribution in [2.24, 2.45) is 11.1 Å². The van der Waals surface area contributed by atoms with Crippen LogP contribution < -0.4 is 5.73 Å². The zero-order valence-electron chi connectivity index (χ0n) is 7.17. The Hall–Kier alpha value is -0.490. The first-order valence-electron chi connectivity index (χ1n) is 3.86. The van der Waals surface area contributed by atoms with Gasteiger partial charge in [-0.25, -0.2) is 0 Å². The molecule has 1 atom stereocenters. The van der Waals surface area contributed by atoms with Gasteiger partial charge in [0.2, 0.25) is 0 Å². The lowest BCUT2D eigenvalue weighted by Crippen LogP contribution is -2.59. The van der Waals surface area contributed by atoms with Crippen molar-refractivity contribution < 1.29 is 23.1 Å². The molecule has 1 fully saturated rings. The highest BCUT2D eigenvalue weighted by atomic mass is 35.5. The minimum Gasteiger partial charge on any atom is -0.480 e. The highest BCUT2D eigenvalue weighted by Crippen LogP contribution is 2.54. The van der Waals surface area contributed by atoms with Crippen LogP contribution in [0.1, 0.15) is 19.3 Å². The molecule has 0 aromatic heterocycles. The summed E-state index contributed by atoms with van der Waals surface area (Å²) >= 11 is 0. The van der Waals surface area contributed by atoms with Crippen molar-refractivity contribution in [3.05, 3.63) is 0 Å². The molecule has 3 nitrogen and oxygen atoms in total. The number of rotatable bonds is 2. The predicted molar refractivity (Wildman–Crippen MR) is 45.2 cm³/mol. The van der Waals surface area contributed by atoms with Gasteiger partial charge in [-0.15, -0.1) is 12.4 Å². The van der Waals surface area contributed by atoms with Crippen LogP contribution in [0.3, 0.4) is 0 Å². The van der Waals surface area contributed by atoms with Crippen LogP contribution in [0, 0.1) is 5.41 Å². The molecule has 0 heterocycles. The van der Waals surface area contributed by atoms with E-state index in [2.05, 4.69) is 0 Å². The van der Waals surface area contributed by atoms with Crippen molar-refractivity contribution in [1.29, 1.82) is 0 Å². The third-order valence-electron chi connectivity index (χ3n) is 2.67. The van der Waals surface area contributed by atoms with Crippen molar-refractivity contribution in [3.8, 4) is 0 Å². The summed E-state index contributed by atoms with van der Waals surface area (Å²) < 4.78 is 37.3. The molecule has 1 unspecified atom stereocenters. The summed E-state index contributed by atoms with van der Waals surface area (Å²) in [5.41, 5.74) is 2.84. The fourth-order valence-electron chi connectivity index (χ4n) is 1.56. The fraction of sp³-hybridized carbons (Fsp3) is 0.857. The summed E-state index contributed by atoms with van der Waals surface area (Å²) in [5.74, 6) is -1.59. The maximum absolute atomic E-state index is 12.4. The topological polar surface area (TPSA) is 63.3 Å². The maximum Gasteiger partial charge on any atom is 0.396 e. The van der Waals surface area contributed by atoms with E-state index in [1.807, 2.05) is 0 Å². The minimum atomic E-state index is -4.51. The third-order valence-corrected chi connectivity index (χ3v) is 2.67. The number of nitrogens with two attached hydrogens (primary N) is 1. The van der Waals surface area contributed by atoms with Crippen LogP contribution in [0.25, 0.3) is 0 Å². The van der Waals surface area contributed by atoms with Gasteiger partial charge < -0.3 is 10.8 Å². The molecule has 14 heavy (non-hydrogen) atoms. The molecule has 7 heteroatoms. The SMILES string of the molecule is Cl.NC(C(=O)O)C1(C(F)(F)F)CCC1. The van der Waals surface area contributed by atoms with Crippen molar-refractivity contribution in [2.75, 3.05) is 0 Å². The van der Waals surface area contributed by atoms with Crippen LogP contribution in [0.5, 0.6) is 0 Å². The van der Waals surface area contributed by atoms with E-state index in [0.717, 1.165) is 0 Å². The molecule has 0 aliphatic heterocycles. The van der Waals surface area contributed by atoms with E-state index in [9.17, 15) is 18.0 Å². The molecule has 1 rings (SSSR count). The van der Waals surface area contributed by atoms with Crippen molar-refractivity contribution in [2.45, 2.75) is 31.5 Å². The van der Waals surface area contributed by atoms with Gasteiger partial charge >= 0.3 is 12.1 Å². The van der Waals surface area contributed by atoms with E-state index >= 15 is 0 Å². The quantitative estimate of drug-likeness (QED) is 0.761. The normalized spacial score (nSPS) is 21.7. The predicted octanol–water partition coefficient (Wildman–Crippen LogP) is 1.55. The van der Waals surface area contributed by atoms with Crippen LogP contribution >= 0.6 is 12.4 Å². The molecular weight excluding hydrogens is 223 g/mol. The third kappa shape index (κ3) is 1.81. The Morgan fingerprint density at radius 3 is 1.93 bits per heavy atom. The van der Waals surface area contributed by atoms with Crippen LogP contribution in [0.15, 0.2) is 0 Å². The smallest absolute Gasteiger partial charge is 0.396 e. The van der Waals surface area contributed by atoms with Gasteiger partial charge in [0, 0.05) is 0 Å². The monoisotopic (exact) mass is 233 g/mol. The number of carboxylic acid groups (broad SMARTS) is 1. The molecule has 0 aromatic carbocycles. The number of aliphatic carboxylic acids is 1. The first-order valence-corrected chi connectivity index (χ1v) is 3.86. The van der Waals surface area contributed by atoms with Crippen LogP contribution in [-0.2, 0) is 4.79 Å². The fourth-order valence-corrected chi connectivity index (χ4v) is 1.56. The Bertz CT molecular complexity index is 227. The number of carbonyl (C=O) groups is 1. The molecule has 0 spiro atoms. The van der Waals surface area contributed by atoms with Gasteiger partial charge in [-0.2, -0.15) is 13.2 Å². The van der Waals surface area contributed by atoms with Crippen LogP contribution in [-0.4, -0.2) is 23.3 Å². The zero-order chi connectivity index (χ0) is 10.3.